The number of benzene rings is 1. The van der Waals surface area contributed by atoms with Crippen LogP contribution >= 0.6 is 0 Å². The minimum atomic E-state index is -0.00416. The average molecular weight is 325 g/mol. The molecule has 0 aliphatic rings. The zero-order chi connectivity index (χ0) is 17.1. The largest absolute Gasteiger partial charge is 0.481 e. The first-order valence-electron chi connectivity index (χ1n) is 7.93. The molecule has 0 spiro atoms. The zero-order valence-corrected chi connectivity index (χ0v) is 14.5. The molecule has 0 aliphatic heterocycles. The second-order valence-electron chi connectivity index (χ2n) is 5.82. The number of nitrogens with one attached hydrogen (secondary N) is 1. The number of ether oxygens (including phenoxy) is 1. The molecule has 0 radical (unpaired) electrons. The van der Waals surface area contributed by atoms with E-state index >= 15 is 0 Å². The van der Waals surface area contributed by atoms with E-state index in [2.05, 4.69) is 27.5 Å². The van der Waals surface area contributed by atoms with Gasteiger partial charge in [-0.15, -0.1) is 0 Å². The van der Waals surface area contributed by atoms with Crippen LogP contribution in [0.15, 0.2) is 42.7 Å². The van der Waals surface area contributed by atoms with Gasteiger partial charge in [-0.25, -0.2) is 9.67 Å². The minimum absolute atomic E-state index is 0.00416. The highest BCUT2D eigenvalue weighted by molar-refractivity contribution is 5.32. The second kappa shape index (κ2) is 6.88. The van der Waals surface area contributed by atoms with Crippen LogP contribution in [-0.2, 0) is 20.6 Å². The van der Waals surface area contributed by atoms with Crippen LogP contribution in [0.2, 0.25) is 0 Å². The maximum Gasteiger partial charge on any atom is 0.216 e. The van der Waals surface area contributed by atoms with Crippen molar-refractivity contribution in [1.82, 2.24) is 24.6 Å². The molecule has 24 heavy (non-hydrogen) atoms. The molecule has 3 aromatic rings. The third kappa shape index (κ3) is 3.05. The third-order valence-electron chi connectivity index (χ3n) is 4.21. The van der Waals surface area contributed by atoms with E-state index in [0.717, 1.165) is 23.0 Å². The summed E-state index contributed by atoms with van der Waals surface area (Å²) in [6.45, 7) is 2.65. The van der Waals surface area contributed by atoms with Crippen molar-refractivity contribution < 1.29 is 4.74 Å². The van der Waals surface area contributed by atoms with Crippen LogP contribution in [0.4, 0.5) is 0 Å². The van der Waals surface area contributed by atoms with E-state index in [0.29, 0.717) is 6.54 Å². The van der Waals surface area contributed by atoms with Crippen LogP contribution < -0.4 is 10.1 Å². The van der Waals surface area contributed by atoms with E-state index in [1.807, 2.05) is 56.2 Å². The molecule has 0 amide bonds. The van der Waals surface area contributed by atoms with Crippen molar-refractivity contribution in [1.29, 1.82) is 0 Å². The van der Waals surface area contributed by atoms with E-state index in [9.17, 15) is 0 Å². The Morgan fingerprint density at radius 2 is 1.96 bits per heavy atom. The highest BCUT2D eigenvalue weighted by atomic mass is 16.5. The quantitative estimate of drug-likeness (QED) is 0.756. The van der Waals surface area contributed by atoms with Crippen molar-refractivity contribution in [3.63, 3.8) is 0 Å². The summed E-state index contributed by atoms with van der Waals surface area (Å²) in [5.41, 5.74) is 3.20. The van der Waals surface area contributed by atoms with Crippen molar-refractivity contribution in [3.05, 3.63) is 65.4 Å². The summed E-state index contributed by atoms with van der Waals surface area (Å²) >= 11 is 0. The first-order valence-corrected chi connectivity index (χ1v) is 7.93. The maximum absolute atomic E-state index is 5.49. The smallest absolute Gasteiger partial charge is 0.216 e. The van der Waals surface area contributed by atoms with Gasteiger partial charge in [0.15, 0.2) is 0 Å². The van der Waals surface area contributed by atoms with Crippen LogP contribution in [0, 0.1) is 6.92 Å². The van der Waals surface area contributed by atoms with E-state index in [4.69, 9.17) is 4.74 Å². The monoisotopic (exact) mass is 325 g/mol. The Morgan fingerprint density at radius 1 is 1.21 bits per heavy atom. The van der Waals surface area contributed by atoms with Crippen LogP contribution in [-0.4, -0.2) is 26.4 Å². The molecule has 0 saturated carbocycles. The van der Waals surface area contributed by atoms with E-state index < -0.39 is 0 Å². The Morgan fingerprint density at radius 3 is 2.58 bits per heavy atom. The van der Waals surface area contributed by atoms with Crippen molar-refractivity contribution in [2.45, 2.75) is 19.5 Å². The number of rotatable bonds is 6. The topological polar surface area (TPSA) is 56.9 Å². The fourth-order valence-corrected chi connectivity index (χ4v) is 3.00. The van der Waals surface area contributed by atoms with Gasteiger partial charge in [0.2, 0.25) is 5.88 Å². The lowest BCUT2D eigenvalue weighted by atomic mass is 10.1. The van der Waals surface area contributed by atoms with Gasteiger partial charge in [0, 0.05) is 33.0 Å². The fraction of sp³-hybridized carbons (Fsp3) is 0.333. The Labute approximate surface area is 142 Å². The number of hydrogen-bond acceptors (Lipinski definition) is 4. The first-order chi connectivity index (χ1) is 11.6. The first kappa shape index (κ1) is 16.3. The Bertz CT molecular complexity index is 806. The number of nitrogens with zero attached hydrogens (tertiary/aromatic N) is 4. The van der Waals surface area contributed by atoms with Gasteiger partial charge in [-0.1, -0.05) is 30.3 Å². The molecule has 1 aromatic carbocycles. The predicted octanol–water partition coefficient (Wildman–Crippen LogP) is 2.35. The van der Waals surface area contributed by atoms with E-state index in [-0.39, 0.29) is 6.04 Å². The third-order valence-corrected chi connectivity index (χ3v) is 4.21. The molecule has 2 aromatic heterocycles. The molecule has 0 bridgehead atoms. The molecule has 126 valence electrons. The minimum Gasteiger partial charge on any atom is -0.481 e. The Hall–Kier alpha value is -2.60. The van der Waals surface area contributed by atoms with Crippen molar-refractivity contribution in [2.24, 2.45) is 14.1 Å². The lowest BCUT2D eigenvalue weighted by Gasteiger charge is -2.19. The second-order valence-corrected chi connectivity index (χ2v) is 5.82. The normalized spacial score (nSPS) is 12.3. The summed E-state index contributed by atoms with van der Waals surface area (Å²) < 4.78 is 9.30. The van der Waals surface area contributed by atoms with Gasteiger partial charge in [0.1, 0.15) is 5.82 Å². The molecule has 0 fully saturated rings. The molecular weight excluding hydrogens is 302 g/mol. The molecule has 2 heterocycles. The van der Waals surface area contributed by atoms with E-state index in [1.54, 1.807) is 11.8 Å². The van der Waals surface area contributed by atoms with Crippen molar-refractivity contribution >= 4 is 0 Å². The lowest BCUT2D eigenvalue weighted by Crippen LogP contribution is -2.25. The molecular formula is C18H23N5O. The van der Waals surface area contributed by atoms with E-state index in [1.165, 1.54) is 5.56 Å². The van der Waals surface area contributed by atoms with Gasteiger partial charge in [-0.05, 0) is 12.5 Å². The van der Waals surface area contributed by atoms with Gasteiger partial charge >= 0.3 is 0 Å². The zero-order valence-electron chi connectivity index (χ0n) is 14.5. The Kier molecular flexibility index (Phi) is 4.66. The molecule has 0 unspecified atom stereocenters. The molecule has 6 heteroatoms. The van der Waals surface area contributed by atoms with Crippen LogP contribution in [0.25, 0.3) is 0 Å². The van der Waals surface area contributed by atoms with Gasteiger partial charge in [-0.2, -0.15) is 5.10 Å². The summed E-state index contributed by atoms with van der Waals surface area (Å²) in [5, 5.41) is 8.05. The molecule has 1 N–H and O–H groups in total. The number of hydrogen-bond donors (Lipinski definition) is 1. The summed E-state index contributed by atoms with van der Waals surface area (Å²) in [6.07, 6.45) is 3.78. The van der Waals surface area contributed by atoms with Crippen LogP contribution in [0.5, 0.6) is 5.88 Å². The summed E-state index contributed by atoms with van der Waals surface area (Å²) in [4.78, 5) is 4.52. The molecule has 3 rings (SSSR count). The van der Waals surface area contributed by atoms with Crippen molar-refractivity contribution in [2.75, 3.05) is 7.11 Å². The van der Waals surface area contributed by atoms with Crippen LogP contribution in [0.3, 0.4) is 0 Å². The van der Waals surface area contributed by atoms with Gasteiger partial charge in [-0.3, -0.25) is 5.32 Å². The van der Waals surface area contributed by atoms with Crippen molar-refractivity contribution in [3.8, 4) is 5.88 Å². The average Bonchev–Trinajstić information content (AvgIpc) is 3.12. The van der Waals surface area contributed by atoms with Gasteiger partial charge in [0.05, 0.1) is 24.4 Å². The highest BCUT2D eigenvalue weighted by Crippen LogP contribution is 2.24. The number of aromatic nitrogens is 4. The number of imidazole rings is 1. The summed E-state index contributed by atoms with van der Waals surface area (Å²) in [5.74, 6) is 1.76. The number of aryl methyl sites for hydroxylation is 3. The Balaban J connectivity index is 1.90. The standard InChI is InChI=1S/C18H23N5O/c1-13-15(18(24-4)23(3)21-13)12-20-16(14-8-6-5-7-9-14)17-19-10-11-22(17)2/h5-11,16,20H,12H2,1-4H3/t16-/m0/s1. The lowest BCUT2D eigenvalue weighted by molar-refractivity contribution is 0.367. The number of methoxy groups -OCH3 is 1. The molecule has 0 aliphatic carbocycles. The predicted molar refractivity (Wildman–Crippen MR) is 92.8 cm³/mol. The summed E-state index contributed by atoms with van der Waals surface area (Å²) in [6, 6.07) is 10.3. The maximum atomic E-state index is 5.49. The summed E-state index contributed by atoms with van der Waals surface area (Å²) in [7, 11) is 5.58. The van der Waals surface area contributed by atoms with Gasteiger partial charge in [0.25, 0.3) is 0 Å². The SMILES string of the molecule is COc1c(CN[C@@H](c2ccccc2)c2nccn2C)c(C)nn1C. The van der Waals surface area contributed by atoms with Crippen LogP contribution in [0.1, 0.15) is 28.7 Å². The van der Waals surface area contributed by atoms with Gasteiger partial charge < -0.3 is 9.30 Å². The molecule has 1 atom stereocenters. The highest BCUT2D eigenvalue weighted by Gasteiger charge is 2.20. The molecule has 0 saturated heterocycles. The fourth-order valence-electron chi connectivity index (χ4n) is 3.00. The molecule has 6 nitrogen and oxygen atoms in total.